The number of rotatable bonds is 6. The predicted octanol–water partition coefficient (Wildman–Crippen LogP) is 0.487. The van der Waals surface area contributed by atoms with Crippen LogP contribution in [-0.4, -0.2) is 29.9 Å². The lowest BCUT2D eigenvalue weighted by Crippen LogP contribution is -2.41. The summed E-state index contributed by atoms with van der Waals surface area (Å²) in [7, 11) is 0. The van der Waals surface area contributed by atoms with Crippen LogP contribution in [0.25, 0.3) is 0 Å². The van der Waals surface area contributed by atoms with E-state index in [1.165, 1.54) is 32.2 Å². The molecule has 3 N–H and O–H groups in total. The molecule has 4 heteroatoms. The van der Waals surface area contributed by atoms with Crippen LogP contribution in [0.2, 0.25) is 0 Å². The fraction of sp³-hybridized carbons (Fsp3) is 0.909. The Kier molecular flexibility index (Phi) is 3.26. The van der Waals surface area contributed by atoms with Gasteiger partial charge in [0, 0.05) is 25.0 Å². The molecule has 4 nitrogen and oxygen atoms in total. The normalized spacial score (nSPS) is 22.9. The first kappa shape index (κ1) is 10.9. The van der Waals surface area contributed by atoms with Gasteiger partial charge >= 0.3 is 0 Å². The third-order valence-corrected chi connectivity index (χ3v) is 3.35. The van der Waals surface area contributed by atoms with Crippen LogP contribution in [0.3, 0.4) is 0 Å². The zero-order valence-electron chi connectivity index (χ0n) is 9.41. The molecule has 2 fully saturated rings. The van der Waals surface area contributed by atoms with Crippen molar-refractivity contribution in [2.45, 2.75) is 38.6 Å². The Labute approximate surface area is 91.2 Å². The summed E-state index contributed by atoms with van der Waals surface area (Å²) in [6.07, 6.45) is 5.37. The minimum atomic E-state index is -0.0450. The van der Waals surface area contributed by atoms with Gasteiger partial charge in [0.15, 0.2) is 0 Å². The molecule has 0 radical (unpaired) electrons. The van der Waals surface area contributed by atoms with Crippen molar-refractivity contribution < 1.29 is 4.79 Å². The van der Waals surface area contributed by atoms with Crippen LogP contribution in [-0.2, 0) is 4.79 Å². The first-order chi connectivity index (χ1) is 7.20. The van der Waals surface area contributed by atoms with Gasteiger partial charge in [0.1, 0.15) is 0 Å². The topological polar surface area (TPSA) is 58.4 Å². The molecule has 1 unspecified atom stereocenters. The van der Waals surface area contributed by atoms with Crippen LogP contribution in [0.4, 0.5) is 0 Å². The van der Waals surface area contributed by atoms with E-state index in [0.29, 0.717) is 0 Å². The van der Waals surface area contributed by atoms with E-state index in [2.05, 4.69) is 10.3 Å². The van der Waals surface area contributed by atoms with Crippen LogP contribution < -0.4 is 11.3 Å². The molecule has 2 aliphatic carbocycles. The smallest absolute Gasteiger partial charge is 0.237 e. The summed E-state index contributed by atoms with van der Waals surface area (Å²) >= 11 is 0. The van der Waals surface area contributed by atoms with Crippen molar-refractivity contribution >= 4 is 5.91 Å². The SMILES string of the molecule is CC(CN(CC1CC1)C1CC1)C(=O)NN. The molecule has 0 aliphatic heterocycles. The monoisotopic (exact) mass is 211 g/mol. The number of carbonyl (C=O) groups excluding carboxylic acids is 1. The van der Waals surface area contributed by atoms with Gasteiger partial charge in [0.25, 0.3) is 0 Å². The molecule has 2 saturated carbocycles. The first-order valence-electron chi connectivity index (χ1n) is 5.95. The van der Waals surface area contributed by atoms with Crippen LogP contribution in [0.15, 0.2) is 0 Å². The van der Waals surface area contributed by atoms with Gasteiger partial charge in [-0.15, -0.1) is 0 Å². The molecule has 0 aromatic heterocycles. The highest BCUT2D eigenvalue weighted by Gasteiger charge is 2.34. The van der Waals surface area contributed by atoms with Crippen molar-refractivity contribution in [3.8, 4) is 0 Å². The highest BCUT2D eigenvalue weighted by atomic mass is 16.2. The second-order valence-electron chi connectivity index (χ2n) is 5.04. The lowest BCUT2D eigenvalue weighted by Gasteiger charge is -2.24. The number of nitrogens with two attached hydrogens (primary N) is 1. The maximum Gasteiger partial charge on any atom is 0.237 e. The Bertz CT molecular complexity index is 236. The highest BCUT2D eigenvalue weighted by Crippen LogP contribution is 2.35. The zero-order valence-corrected chi connectivity index (χ0v) is 9.41. The summed E-state index contributed by atoms with van der Waals surface area (Å²) in [5.74, 6) is 6.00. The molecule has 86 valence electrons. The Morgan fingerprint density at radius 3 is 2.60 bits per heavy atom. The molecular formula is C11H21N3O. The number of nitrogens with one attached hydrogen (secondary N) is 1. The summed E-state index contributed by atoms with van der Waals surface area (Å²) in [4.78, 5) is 13.8. The third kappa shape index (κ3) is 3.18. The third-order valence-electron chi connectivity index (χ3n) is 3.35. The zero-order chi connectivity index (χ0) is 10.8. The summed E-state index contributed by atoms with van der Waals surface area (Å²) in [6, 6.07) is 0.749. The lowest BCUT2D eigenvalue weighted by atomic mass is 10.1. The van der Waals surface area contributed by atoms with Gasteiger partial charge in [-0.1, -0.05) is 6.92 Å². The fourth-order valence-electron chi connectivity index (χ4n) is 2.02. The van der Waals surface area contributed by atoms with Crippen molar-refractivity contribution in [2.24, 2.45) is 17.7 Å². The molecule has 2 rings (SSSR count). The molecule has 1 amide bonds. The minimum absolute atomic E-state index is 0.00866. The van der Waals surface area contributed by atoms with Gasteiger partial charge in [-0.05, 0) is 31.6 Å². The van der Waals surface area contributed by atoms with Gasteiger partial charge in [0.05, 0.1) is 0 Å². The molecule has 0 spiro atoms. The van der Waals surface area contributed by atoms with Crippen molar-refractivity contribution in [1.29, 1.82) is 0 Å². The molecule has 2 aliphatic rings. The Morgan fingerprint density at radius 1 is 1.47 bits per heavy atom. The Morgan fingerprint density at radius 2 is 2.13 bits per heavy atom. The quantitative estimate of drug-likeness (QED) is 0.382. The number of amides is 1. The van der Waals surface area contributed by atoms with Gasteiger partial charge < -0.3 is 0 Å². The molecule has 1 atom stereocenters. The van der Waals surface area contributed by atoms with Crippen molar-refractivity contribution in [1.82, 2.24) is 10.3 Å². The van der Waals surface area contributed by atoms with Crippen molar-refractivity contribution in [3.63, 3.8) is 0 Å². The standard InChI is InChI=1S/C11H21N3O/c1-8(11(15)13-12)6-14(10-4-5-10)7-9-2-3-9/h8-10H,2-7,12H2,1H3,(H,13,15). The van der Waals surface area contributed by atoms with Crippen LogP contribution in [0.5, 0.6) is 0 Å². The van der Waals surface area contributed by atoms with Crippen LogP contribution in [0, 0.1) is 11.8 Å². The van der Waals surface area contributed by atoms with Gasteiger partial charge in [-0.2, -0.15) is 0 Å². The van der Waals surface area contributed by atoms with Crippen LogP contribution in [0.1, 0.15) is 32.6 Å². The first-order valence-corrected chi connectivity index (χ1v) is 5.95. The van der Waals surface area contributed by atoms with E-state index in [0.717, 1.165) is 18.5 Å². The van der Waals surface area contributed by atoms with Crippen molar-refractivity contribution in [2.75, 3.05) is 13.1 Å². The average Bonchev–Trinajstić information content (AvgIpc) is 3.05. The predicted molar refractivity (Wildman–Crippen MR) is 58.8 cm³/mol. The molecule has 0 saturated heterocycles. The van der Waals surface area contributed by atoms with Crippen LogP contribution >= 0.6 is 0 Å². The number of hydrazine groups is 1. The number of hydrogen-bond donors (Lipinski definition) is 2. The van der Waals surface area contributed by atoms with Crippen molar-refractivity contribution in [3.05, 3.63) is 0 Å². The summed E-state index contributed by atoms with van der Waals surface area (Å²) in [5, 5.41) is 0. The number of hydrogen-bond acceptors (Lipinski definition) is 3. The number of nitrogens with zero attached hydrogens (tertiary/aromatic N) is 1. The maximum absolute atomic E-state index is 11.3. The maximum atomic E-state index is 11.3. The molecular weight excluding hydrogens is 190 g/mol. The van der Waals surface area contributed by atoms with E-state index < -0.39 is 0 Å². The molecule has 0 bridgehead atoms. The lowest BCUT2D eigenvalue weighted by molar-refractivity contribution is -0.125. The van der Waals surface area contributed by atoms with Gasteiger partial charge in [-0.25, -0.2) is 5.84 Å². The van der Waals surface area contributed by atoms with E-state index in [1.807, 2.05) is 6.92 Å². The average molecular weight is 211 g/mol. The highest BCUT2D eigenvalue weighted by molar-refractivity contribution is 5.77. The largest absolute Gasteiger partial charge is 0.299 e. The van der Waals surface area contributed by atoms with E-state index in [1.54, 1.807) is 0 Å². The van der Waals surface area contributed by atoms with E-state index >= 15 is 0 Å². The second-order valence-corrected chi connectivity index (χ2v) is 5.04. The minimum Gasteiger partial charge on any atom is -0.299 e. The summed E-state index contributed by atoms with van der Waals surface area (Å²) < 4.78 is 0. The van der Waals surface area contributed by atoms with Gasteiger partial charge in [0.2, 0.25) is 5.91 Å². The van der Waals surface area contributed by atoms with E-state index in [9.17, 15) is 4.79 Å². The molecule has 0 heterocycles. The second kappa shape index (κ2) is 4.49. The molecule has 0 aromatic carbocycles. The molecule has 15 heavy (non-hydrogen) atoms. The Hall–Kier alpha value is -0.610. The van der Waals surface area contributed by atoms with E-state index in [4.69, 9.17) is 5.84 Å². The summed E-state index contributed by atoms with van der Waals surface area (Å²) in [6.45, 7) is 4.00. The summed E-state index contributed by atoms with van der Waals surface area (Å²) in [5.41, 5.74) is 2.23. The van der Waals surface area contributed by atoms with Gasteiger partial charge in [-0.3, -0.25) is 15.1 Å². The fourth-order valence-corrected chi connectivity index (χ4v) is 2.02. The molecule has 0 aromatic rings. The number of carbonyl (C=O) groups is 1. The Balaban J connectivity index is 1.79. The van der Waals surface area contributed by atoms with E-state index in [-0.39, 0.29) is 11.8 Å².